The third-order valence-electron chi connectivity index (χ3n) is 2.73. The number of aromatic nitrogens is 2. The van der Waals surface area contributed by atoms with E-state index in [0.717, 1.165) is 16.7 Å². The minimum absolute atomic E-state index is 0.185. The molecule has 0 saturated carbocycles. The number of fused-ring (bicyclic) bond motifs is 1. The Labute approximate surface area is 106 Å². The van der Waals surface area contributed by atoms with Gasteiger partial charge in [-0.3, -0.25) is 4.68 Å². The van der Waals surface area contributed by atoms with Gasteiger partial charge in [-0.05, 0) is 24.6 Å². The molecular formula is C12H16N2O3S. The lowest BCUT2D eigenvalue weighted by Gasteiger charge is -2.04. The van der Waals surface area contributed by atoms with E-state index in [2.05, 4.69) is 5.10 Å². The van der Waals surface area contributed by atoms with Gasteiger partial charge in [0.1, 0.15) is 15.6 Å². The fourth-order valence-electron chi connectivity index (χ4n) is 1.85. The third kappa shape index (κ3) is 3.01. The van der Waals surface area contributed by atoms with Crippen molar-refractivity contribution in [2.75, 3.05) is 19.1 Å². The summed E-state index contributed by atoms with van der Waals surface area (Å²) in [6.45, 7) is 0.600. The summed E-state index contributed by atoms with van der Waals surface area (Å²) < 4.78 is 29.1. The van der Waals surface area contributed by atoms with E-state index in [1.54, 1.807) is 13.3 Å². The van der Waals surface area contributed by atoms with Gasteiger partial charge in [0, 0.05) is 18.2 Å². The van der Waals surface area contributed by atoms with Crippen LogP contribution in [0.15, 0.2) is 24.4 Å². The van der Waals surface area contributed by atoms with Crippen LogP contribution in [0.25, 0.3) is 10.9 Å². The zero-order valence-corrected chi connectivity index (χ0v) is 11.3. The highest BCUT2D eigenvalue weighted by atomic mass is 32.2. The van der Waals surface area contributed by atoms with Gasteiger partial charge < -0.3 is 4.74 Å². The van der Waals surface area contributed by atoms with Crippen molar-refractivity contribution in [3.8, 4) is 5.75 Å². The summed E-state index contributed by atoms with van der Waals surface area (Å²) in [5.41, 5.74) is 0.990. The number of methoxy groups -OCH3 is 1. The van der Waals surface area contributed by atoms with Gasteiger partial charge in [0.05, 0.1) is 24.6 Å². The first-order valence-electron chi connectivity index (χ1n) is 5.67. The normalized spacial score (nSPS) is 11.9. The Morgan fingerprint density at radius 3 is 2.83 bits per heavy atom. The summed E-state index contributed by atoms with van der Waals surface area (Å²) in [6, 6.07) is 5.72. The van der Waals surface area contributed by atoms with Crippen molar-refractivity contribution in [2.45, 2.75) is 13.0 Å². The highest BCUT2D eigenvalue weighted by molar-refractivity contribution is 7.90. The Kier molecular flexibility index (Phi) is 3.56. The molecule has 0 aliphatic carbocycles. The average Bonchev–Trinajstić information content (AvgIpc) is 2.70. The van der Waals surface area contributed by atoms with Gasteiger partial charge in [-0.15, -0.1) is 0 Å². The molecule has 5 nitrogen and oxygen atoms in total. The lowest BCUT2D eigenvalue weighted by atomic mass is 10.2. The molecule has 0 N–H and O–H groups in total. The van der Waals surface area contributed by atoms with Crippen LogP contribution in [-0.4, -0.2) is 37.3 Å². The molecule has 0 amide bonds. The molecule has 2 aromatic rings. The standard InChI is InChI=1S/C12H16N2O3S/c1-17-11-4-5-12-10(8-11)9-13-14(12)6-3-7-18(2,15)16/h4-5,8-9H,3,6-7H2,1-2H3. The maximum Gasteiger partial charge on any atom is 0.147 e. The molecule has 0 unspecified atom stereocenters. The molecule has 0 atom stereocenters. The Hall–Kier alpha value is -1.56. The molecule has 1 heterocycles. The van der Waals surface area contributed by atoms with E-state index in [1.165, 1.54) is 6.26 Å². The average molecular weight is 268 g/mol. The lowest BCUT2D eigenvalue weighted by Crippen LogP contribution is -2.08. The maximum atomic E-state index is 11.1. The number of hydrogen-bond acceptors (Lipinski definition) is 4. The highest BCUT2D eigenvalue weighted by Crippen LogP contribution is 2.20. The van der Waals surface area contributed by atoms with E-state index in [-0.39, 0.29) is 5.75 Å². The molecule has 1 aromatic heterocycles. The van der Waals surface area contributed by atoms with Crippen LogP contribution in [0, 0.1) is 0 Å². The topological polar surface area (TPSA) is 61.2 Å². The van der Waals surface area contributed by atoms with Gasteiger partial charge in [-0.1, -0.05) is 0 Å². The smallest absolute Gasteiger partial charge is 0.147 e. The minimum Gasteiger partial charge on any atom is -0.497 e. The van der Waals surface area contributed by atoms with Gasteiger partial charge in [0.25, 0.3) is 0 Å². The second-order valence-electron chi connectivity index (χ2n) is 4.28. The Balaban J connectivity index is 2.15. The molecule has 0 radical (unpaired) electrons. The molecule has 0 fully saturated rings. The number of rotatable bonds is 5. The second-order valence-corrected chi connectivity index (χ2v) is 6.54. The second kappa shape index (κ2) is 4.97. The molecule has 0 aliphatic rings. The predicted octanol–water partition coefficient (Wildman–Crippen LogP) is 1.48. The summed E-state index contributed by atoms with van der Waals surface area (Å²) in [7, 11) is -1.28. The van der Waals surface area contributed by atoms with Crippen LogP contribution in [0.1, 0.15) is 6.42 Å². The zero-order chi connectivity index (χ0) is 13.2. The molecule has 0 aliphatic heterocycles. The van der Waals surface area contributed by atoms with E-state index in [0.29, 0.717) is 13.0 Å². The third-order valence-corrected chi connectivity index (χ3v) is 3.76. The highest BCUT2D eigenvalue weighted by Gasteiger charge is 2.06. The van der Waals surface area contributed by atoms with Crippen LogP contribution in [0.5, 0.6) is 5.75 Å². The van der Waals surface area contributed by atoms with Gasteiger partial charge in [-0.2, -0.15) is 5.10 Å². The molecule has 2 rings (SSSR count). The number of aryl methyl sites for hydroxylation is 1. The van der Waals surface area contributed by atoms with E-state index >= 15 is 0 Å². The summed E-state index contributed by atoms with van der Waals surface area (Å²) in [4.78, 5) is 0. The van der Waals surface area contributed by atoms with Gasteiger partial charge in [0.2, 0.25) is 0 Å². The first-order chi connectivity index (χ1) is 8.49. The number of hydrogen-bond donors (Lipinski definition) is 0. The van der Waals surface area contributed by atoms with E-state index in [4.69, 9.17) is 4.74 Å². The zero-order valence-electron chi connectivity index (χ0n) is 10.5. The van der Waals surface area contributed by atoms with Crippen LogP contribution >= 0.6 is 0 Å². The molecule has 1 aromatic carbocycles. The molecule has 0 bridgehead atoms. The molecule has 0 saturated heterocycles. The van der Waals surface area contributed by atoms with Crippen molar-refractivity contribution in [1.29, 1.82) is 0 Å². The summed E-state index contributed by atoms with van der Waals surface area (Å²) in [5, 5.41) is 5.25. The van der Waals surface area contributed by atoms with Crippen LogP contribution < -0.4 is 4.74 Å². The molecular weight excluding hydrogens is 252 g/mol. The van der Waals surface area contributed by atoms with Crippen molar-refractivity contribution < 1.29 is 13.2 Å². The van der Waals surface area contributed by atoms with E-state index in [9.17, 15) is 8.42 Å². The fourth-order valence-corrected chi connectivity index (χ4v) is 2.50. The Morgan fingerprint density at radius 1 is 1.39 bits per heavy atom. The van der Waals surface area contributed by atoms with Crippen molar-refractivity contribution >= 4 is 20.7 Å². The SMILES string of the molecule is COc1ccc2c(cnn2CCCS(C)(=O)=O)c1. The first kappa shape index (κ1) is 12.9. The molecule has 6 heteroatoms. The number of ether oxygens (including phenoxy) is 1. The van der Waals surface area contributed by atoms with Crippen molar-refractivity contribution in [3.63, 3.8) is 0 Å². The van der Waals surface area contributed by atoms with Crippen molar-refractivity contribution in [2.24, 2.45) is 0 Å². The molecule has 18 heavy (non-hydrogen) atoms. The number of nitrogens with zero attached hydrogens (tertiary/aromatic N) is 2. The van der Waals surface area contributed by atoms with E-state index in [1.807, 2.05) is 22.9 Å². The van der Waals surface area contributed by atoms with E-state index < -0.39 is 9.84 Å². The monoisotopic (exact) mass is 268 g/mol. The van der Waals surface area contributed by atoms with Gasteiger partial charge in [-0.25, -0.2) is 8.42 Å². The van der Waals surface area contributed by atoms with Crippen LogP contribution in [0.2, 0.25) is 0 Å². The largest absolute Gasteiger partial charge is 0.497 e. The first-order valence-corrected chi connectivity index (χ1v) is 7.73. The van der Waals surface area contributed by atoms with Crippen molar-refractivity contribution in [1.82, 2.24) is 9.78 Å². The number of sulfone groups is 1. The predicted molar refractivity (Wildman–Crippen MR) is 70.6 cm³/mol. The minimum atomic E-state index is -2.90. The van der Waals surface area contributed by atoms with Crippen molar-refractivity contribution in [3.05, 3.63) is 24.4 Å². The maximum absolute atomic E-state index is 11.1. The summed E-state index contributed by atoms with van der Waals surface area (Å²) in [5.74, 6) is 0.975. The Bertz CT molecular complexity index is 646. The van der Waals surface area contributed by atoms with Crippen LogP contribution in [-0.2, 0) is 16.4 Å². The summed E-state index contributed by atoms with van der Waals surface area (Å²) >= 11 is 0. The Morgan fingerprint density at radius 2 is 2.17 bits per heavy atom. The molecule has 0 spiro atoms. The number of benzene rings is 1. The quantitative estimate of drug-likeness (QED) is 0.824. The molecule has 98 valence electrons. The lowest BCUT2D eigenvalue weighted by molar-refractivity contribution is 0.415. The fraction of sp³-hybridized carbons (Fsp3) is 0.417. The van der Waals surface area contributed by atoms with Gasteiger partial charge >= 0.3 is 0 Å². The summed E-state index contributed by atoms with van der Waals surface area (Å²) in [6.07, 6.45) is 3.58. The van der Waals surface area contributed by atoms with Crippen LogP contribution in [0.4, 0.5) is 0 Å². The van der Waals surface area contributed by atoms with Crippen LogP contribution in [0.3, 0.4) is 0 Å². The van der Waals surface area contributed by atoms with Gasteiger partial charge in [0.15, 0.2) is 0 Å².